The second kappa shape index (κ2) is 4.53. The fourth-order valence-electron chi connectivity index (χ4n) is 1.84. The summed E-state index contributed by atoms with van der Waals surface area (Å²) in [5.74, 6) is 1.07. The third kappa shape index (κ3) is 2.43. The molecule has 0 aromatic heterocycles. The molecule has 0 unspecified atom stereocenters. The molecule has 0 atom stereocenters. The van der Waals surface area contributed by atoms with Crippen LogP contribution in [0.2, 0.25) is 18.1 Å². The Morgan fingerprint density at radius 3 is 2.50 bits per heavy atom. The maximum absolute atomic E-state index is 6.44. The van der Waals surface area contributed by atoms with E-state index in [2.05, 4.69) is 74.1 Å². The van der Waals surface area contributed by atoms with Crippen LogP contribution in [0, 0.1) is 0 Å². The first-order valence-electron chi connectivity index (χ1n) is 6.39. The Kier molecular flexibility index (Phi) is 3.49. The normalized spacial score (nSPS) is 15.3. The summed E-state index contributed by atoms with van der Waals surface area (Å²) in [4.78, 5) is 0. The minimum absolute atomic E-state index is 0.234. The molecule has 0 fully saturated rings. The van der Waals surface area contributed by atoms with Crippen molar-refractivity contribution in [1.82, 2.24) is 0 Å². The van der Waals surface area contributed by atoms with Crippen molar-refractivity contribution in [3.8, 4) is 0 Å². The molecule has 0 heterocycles. The molecular weight excluding hydrogens is 304 g/mol. The molecule has 0 saturated heterocycles. The molecule has 98 valence electrons. The molecule has 0 spiro atoms. The van der Waals surface area contributed by atoms with Crippen LogP contribution in [0.5, 0.6) is 0 Å². The molecule has 0 radical (unpaired) electrons. The van der Waals surface area contributed by atoms with Crippen molar-refractivity contribution in [3.63, 3.8) is 0 Å². The summed E-state index contributed by atoms with van der Waals surface area (Å²) in [6, 6.07) is 6.36. The minimum atomic E-state index is -1.75. The molecule has 0 bridgehead atoms. The van der Waals surface area contributed by atoms with Gasteiger partial charge in [-0.15, -0.1) is 0 Å². The van der Waals surface area contributed by atoms with Crippen LogP contribution in [0.4, 0.5) is 0 Å². The highest BCUT2D eigenvalue weighted by atomic mass is 79.9. The maximum Gasteiger partial charge on any atom is 0.250 e. The number of rotatable bonds is 2. The summed E-state index contributed by atoms with van der Waals surface area (Å²) < 4.78 is 7.58. The Morgan fingerprint density at radius 1 is 1.22 bits per heavy atom. The predicted octanol–water partition coefficient (Wildman–Crippen LogP) is 5.37. The number of hydrogen-bond acceptors (Lipinski definition) is 1. The monoisotopic (exact) mass is 324 g/mol. The highest BCUT2D eigenvalue weighted by molar-refractivity contribution is 9.10. The van der Waals surface area contributed by atoms with Gasteiger partial charge in [0.15, 0.2) is 0 Å². The van der Waals surface area contributed by atoms with Crippen LogP contribution in [-0.4, -0.2) is 8.32 Å². The first-order chi connectivity index (χ1) is 8.22. The van der Waals surface area contributed by atoms with Crippen LogP contribution in [0.25, 0.3) is 5.76 Å². The lowest BCUT2D eigenvalue weighted by Crippen LogP contribution is -2.40. The average molecular weight is 325 g/mol. The molecule has 1 aromatic rings. The van der Waals surface area contributed by atoms with Crippen molar-refractivity contribution in [1.29, 1.82) is 0 Å². The summed E-state index contributed by atoms with van der Waals surface area (Å²) in [5, 5.41) is 0.234. The van der Waals surface area contributed by atoms with Crippen molar-refractivity contribution >= 4 is 30.0 Å². The molecule has 18 heavy (non-hydrogen) atoms. The lowest BCUT2D eigenvalue weighted by atomic mass is 10.1. The van der Waals surface area contributed by atoms with Gasteiger partial charge in [-0.2, -0.15) is 0 Å². The molecule has 1 aliphatic carbocycles. The predicted molar refractivity (Wildman–Crippen MR) is 84.1 cm³/mol. The van der Waals surface area contributed by atoms with Gasteiger partial charge in [0.25, 0.3) is 0 Å². The lowest BCUT2D eigenvalue weighted by molar-refractivity contribution is 0.458. The van der Waals surface area contributed by atoms with Crippen LogP contribution >= 0.6 is 15.9 Å². The van der Waals surface area contributed by atoms with Crippen LogP contribution < -0.4 is 0 Å². The zero-order chi connectivity index (χ0) is 13.6. The van der Waals surface area contributed by atoms with E-state index in [0.717, 1.165) is 16.7 Å². The Labute approximate surface area is 120 Å². The van der Waals surface area contributed by atoms with Gasteiger partial charge in [-0.3, -0.25) is 0 Å². The van der Waals surface area contributed by atoms with E-state index < -0.39 is 8.32 Å². The van der Waals surface area contributed by atoms with Crippen LogP contribution in [-0.2, 0) is 10.8 Å². The van der Waals surface area contributed by atoms with Gasteiger partial charge in [0.05, 0.1) is 0 Å². The van der Waals surface area contributed by atoms with Crippen molar-refractivity contribution in [3.05, 3.63) is 39.9 Å². The van der Waals surface area contributed by atoms with Gasteiger partial charge in [-0.05, 0) is 42.3 Å². The second-order valence-corrected chi connectivity index (χ2v) is 12.0. The maximum atomic E-state index is 6.44. The van der Waals surface area contributed by atoms with E-state index in [1.54, 1.807) is 0 Å². The zero-order valence-corrected chi connectivity index (χ0v) is 14.4. The molecule has 3 heteroatoms. The SMILES string of the molecule is CC(C)(C)[Si](C)(C)OC1=CCc2cccc(Br)c21. The van der Waals surface area contributed by atoms with E-state index in [1.807, 2.05) is 0 Å². The Bertz CT molecular complexity index is 498. The van der Waals surface area contributed by atoms with Crippen LogP contribution in [0.15, 0.2) is 28.7 Å². The van der Waals surface area contributed by atoms with Gasteiger partial charge in [0.1, 0.15) is 5.76 Å². The third-order valence-corrected chi connectivity index (χ3v) is 9.03. The van der Waals surface area contributed by atoms with Crippen LogP contribution in [0.3, 0.4) is 0 Å². The van der Waals surface area contributed by atoms with Gasteiger partial charge >= 0.3 is 0 Å². The van der Waals surface area contributed by atoms with Crippen LogP contribution in [0.1, 0.15) is 31.9 Å². The molecule has 1 nitrogen and oxygen atoms in total. The number of halogens is 1. The molecule has 1 aliphatic rings. The summed E-state index contributed by atoms with van der Waals surface area (Å²) in [6.07, 6.45) is 3.20. The van der Waals surface area contributed by atoms with Gasteiger partial charge in [-0.1, -0.05) is 48.8 Å². The van der Waals surface area contributed by atoms with Gasteiger partial charge in [0, 0.05) is 10.0 Å². The summed E-state index contributed by atoms with van der Waals surface area (Å²) in [6.45, 7) is 11.4. The van der Waals surface area contributed by atoms with Crippen molar-refractivity contribution in [2.75, 3.05) is 0 Å². The number of fused-ring (bicyclic) bond motifs is 1. The topological polar surface area (TPSA) is 9.23 Å². The third-order valence-electron chi connectivity index (χ3n) is 4.02. The fraction of sp³-hybridized carbons (Fsp3) is 0.467. The van der Waals surface area contributed by atoms with Crippen molar-refractivity contribution in [2.45, 2.75) is 45.3 Å². The van der Waals surface area contributed by atoms with Crippen molar-refractivity contribution < 1.29 is 4.43 Å². The molecule has 2 rings (SSSR count). The van der Waals surface area contributed by atoms with Gasteiger partial charge < -0.3 is 4.43 Å². The summed E-state index contributed by atoms with van der Waals surface area (Å²) >= 11 is 3.64. The van der Waals surface area contributed by atoms with Gasteiger partial charge in [-0.25, -0.2) is 0 Å². The van der Waals surface area contributed by atoms with E-state index in [9.17, 15) is 0 Å². The van der Waals surface area contributed by atoms with E-state index in [0.29, 0.717) is 0 Å². The summed E-state index contributed by atoms with van der Waals surface area (Å²) in [5.41, 5.74) is 2.61. The first kappa shape index (κ1) is 13.9. The zero-order valence-electron chi connectivity index (χ0n) is 11.8. The first-order valence-corrected chi connectivity index (χ1v) is 10.1. The Balaban J connectivity index is 2.31. The molecule has 1 aromatic carbocycles. The number of hydrogen-bond donors (Lipinski definition) is 0. The number of allylic oxidation sites excluding steroid dienone is 1. The number of benzene rings is 1. The smallest absolute Gasteiger partial charge is 0.250 e. The van der Waals surface area contributed by atoms with E-state index in [-0.39, 0.29) is 5.04 Å². The molecule has 0 aliphatic heterocycles. The lowest BCUT2D eigenvalue weighted by Gasteiger charge is -2.37. The minimum Gasteiger partial charge on any atom is -0.543 e. The second-order valence-electron chi connectivity index (χ2n) is 6.41. The van der Waals surface area contributed by atoms with E-state index >= 15 is 0 Å². The van der Waals surface area contributed by atoms with E-state index in [4.69, 9.17) is 4.43 Å². The van der Waals surface area contributed by atoms with Gasteiger partial charge in [0.2, 0.25) is 8.32 Å². The molecular formula is C15H21BrOSi. The molecule has 0 N–H and O–H groups in total. The highest BCUT2D eigenvalue weighted by Gasteiger charge is 2.40. The van der Waals surface area contributed by atoms with E-state index in [1.165, 1.54) is 11.1 Å². The summed E-state index contributed by atoms with van der Waals surface area (Å²) in [7, 11) is -1.75. The average Bonchev–Trinajstić information content (AvgIpc) is 2.60. The standard InChI is InChI=1S/C15H21BrOSi/c1-15(2,3)18(4,5)17-13-10-9-11-7-6-8-12(16)14(11)13/h6-8,10H,9H2,1-5H3. The quantitative estimate of drug-likeness (QED) is 0.664. The Hall–Kier alpha value is -0.543. The Morgan fingerprint density at radius 2 is 1.89 bits per heavy atom. The largest absolute Gasteiger partial charge is 0.543 e. The fourth-order valence-corrected chi connectivity index (χ4v) is 3.48. The highest BCUT2D eigenvalue weighted by Crippen LogP contribution is 2.42. The molecule has 0 saturated carbocycles. The molecule has 0 amide bonds. The van der Waals surface area contributed by atoms with Crippen molar-refractivity contribution in [2.24, 2.45) is 0 Å².